The van der Waals surface area contributed by atoms with E-state index in [4.69, 9.17) is 15.2 Å². The van der Waals surface area contributed by atoms with Gasteiger partial charge in [-0.3, -0.25) is 9.69 Å². The predicted octanol–water partition coefficient (Wildman–Crippen LogP) is 14.7. The summed E-state index contributed by atoms with van der Waals surface area (Å²) in [4.78, 5) is 39.3. The number of nitrogens with zero attached hydrogens (tertiary/aromatic N) is 2. The average Bonchev–Trinajstić information content (AvgIpc) is 1.59. The second kappa shape index (κ2) is 17.2. The Hall–Kier alpha value is -3.36. The highest BCUT2D eigenvalue weighted by molar-refractivity contribution is 6.00. The van der Waals surface area contributed by atoms with Crippen molar-refractivity contribution in [2.24, 2.45) is 104 Å². The van der Waals surface area contributed by atoms with Crippen molar-refractivity contribution >= 4 is 11.9 Å². The monoisotopic (exact) mass is 1090 g/mol. The molecule has 432 valence electrons. The van der Waals surface area contributed by atoms with Gasteiger partial charge in [-0.05, 0) is 222 Å². The molecule has 0 aromatic heterocycles. The van der Waals surface area contributed by atoms with Crippen LogP contribution in [0.4, 0.5) is 0 Å². The molecule has 8 heteroatoms. The van der Waals surface area contributed by atoms with Crippen LogP contribution in [0.25, 0.3) is 0 Å². The lowest BCUT2D eigenvalue weighted by atomic mass is 9.27. The highest BCUT2D eigenvalue weighted by Crippen LogP contribution is 2.89. The third-order valence-corrected chi connectivity index (χ3v) is 30.4. The Balaban J connectivity index is 0.901. The number of hydrogen-bond acceptors (Lipinski definition) is 8. The van der Waals surface area contributed by atoms with Crippen LogP contribution in [-0.4, -0.2) is 64.6 Å². The molecule has 16 atom stereocenters. The van der Waals surface area contributed by atoms with Crippen molar-refractivity contribution in [1.29, 1.82) is 0 Å². The summed E-state index contributed by atoms with van der Waals surface area (Å²) in [7, 11) is 0. The van der Waals surface area contributed by atoms with Gasteiger partial charge in [-0.25, -0.2) is 4.79 Å². The molecule has 6 spiro atoms. The maximum absolute atomic E-state index is 17.2. The number of esters is 2. The van der Waals surface area contributed by atoms with Crippen LogP contribution in [0.15, 0.2) is 64.3 Å². The number of aryl methyl sites for hydroxylation is 1. The summed E-state index contributed by atoms with van der Waals surface area (Å²) < 4.78 is 15.3. The van der Waals surface area contributed by atoms with Gasteiger partial charge in [-0.2, -0.15) is 0 Å². The van der Waals surface area contributed by atoms with E-state index in [1.165, 1.54) is 179 Å². The number of piperidine rings is 3. The fourth-order valence-corrected chi connectivity index (χ4v) is 28.4. The lowest BCUT2D eigenvalue weighted by Gasteiger charge is -2.73. The number of aliphatic hydroxyl groups excluding tert-OH is 1. The van der Waals surface area contributed by atoms with Gasteiger partial charge in [0.05, 0.1) is 11.0 Å². The Kier molecular flexibility index (Phi) is 10.6. The maximum atomic E-state index is 17.2. The lowest BCUT2D eigenvalue weighted by Crippen LogP contribution is -2.78. The van der Waals surface area contributed by atoms with Crippen LogP contribution in [0, 0.1) is 98.1 Å². The smallest absolute Gasteiger partial charge is 0.339 e. The number of carbonyl (C=O) groups excluding carboxylic acids is 2. The molecule has 19 aliphatic rings. The first-order chi connectivity index (χ1) is 39.7. The first-order valence-corrected chi connectivity index (χ1v) is 35.1. The number of hydrogen-bond donors (Lipinski definition) is 2. The summed E-state index contributed by atoms with van der Waals surface area (Å²) >= 11 is 0. The average molecular weight is 1090 g/mol. The molecule has 5 saturated heterocycles. The fourth-order valence-electron chi connectivity index (χ4n) is 28.4. The zero-order valence-corrected chi connectivity index (χ0v) is 49.1. The summed E-state index contributed by atoms with van der Waals surface area (Å²) in [5, 5.41) is 14.8. The van der Waals surface area contributed by atoms with Gasteiger partial charge in [0.25, 0.3) is 0 Å². The van der Waals surface area contributed by atoms with E-state index in [0.717, 1.165) is 67.7 Å². The predicted molar refractivity (Wildman–Crippen MR) is 312 cm³/mol. The van der Waals surface area contributed by atoms with Crippen LogP contribution >= 0.6 is 0 Å². The Morgan fingerprint density at radius 1 is 0.716 bits per heavy atom. The number of rotatable bonds is 5. The van der Waals surface area contributed by atoms with Crippen molar-refractivity contribution in [3.8, 4) is 0 Å². The summed E-state index contributed by atoms with van der Waals surface area (Å²) in [6.07, 6.45) is 46.1. The molecule has 0 radical (unpaired) electrons. The molecule has 3 N–H and O–H groups in total. The summed E-state index contributed by atoms with van der Waals surface area (Å²) in [5.74, 6) is 5.27. The minimum absolute atomic E-state index is 0.0941. The minimum atomic E-state index is -1.14. The van der Waals surface area contributed by atoms with Gasteiger partial charge in [0.2, 0.25) is 0 Å². The van der Waals surface area contributed by atoms with Crippen molar-refractivity contribution in [3.63, 3.8) is 0 Å². The van der Waals surface area contributed by atoms with Gasteiger partial charge in [-0.1, -0.05) is 119 Å². The van der Waals surface area contributed by atoms with Crippen molar-refractivity contribution < 1.29 is 24.2 Å². The number of benzene rings is 1. The molecule has 1 aromatic carbocycles. The first-order valence-electron chi connectivity index (χ1n) is 35.1. The van der Waals surface area contributed by atoms with Crippen molar-refractivity contribution in [1.82, 2.24) is 9.80 Å². The Morgan fingerprint density at radius 3 is 2.25 bits per heavy atom. The molecular weight excluding hydrogens is 999 g/mol. The first kappa shape index (κ1) is 49.9. The maximum Gasteiger partial charge on any atom is 0.339 e. The molecule has 81 heavy (non-hydrogen) atoms. The molecule has 7 saturated carbocycles. The molecule has 20 rings (SSSR count). The van der Waals surface area contributed by atoms with Gasteiger partial charge in [0.15, 0.2) is 11.4 Å². The quantitative estimate of drug-likeness (QED) is 0.222. The molecule has 9 bridgehead atoms. The highest BCUT2D eigenvalue weighted by atomic mass is 16.6. The van der Waals surface area contributed by atoms with E-state index in [2.05, 4.69) is 40.2 Å². The van der Waals surface area contributed by atoms with E-state index in [1.54, 1.807) is 11.3 Å². The third-order valence-electron chi connectivity index (χ3n) is 30.4. The van der Waals surface area contributed by atoms with E-state index >= 15 is 9.59 Å². The topological polar surface area (TPSA) is 105 Å². The number of carbonyl (C=O) groups is 2. The second-order valence-electron chi connectivity index (χ2n) is 32.6. The van der Waals surface area contributed by atoms with E-state index in [0.29, 0.717) is 88.8 Å². The number of fused-ring (bicyclic) bond motifs is 8. The number of allylic oxidation sites excluding steroid dienone is 4. The Labute approximate surface area is 483 Å². The normalized spacial score (nSPS) is 46.1. The summed E-state index contributed by atoms with van der Waals surface area (Å²) in [5.41, 5.74) is 13.3. The number of ether oxygens (including phenoxy) is 2. The largest absolute Gasteiger partial charge is 0.508 e. The zero-order chi connectivity index (χ0) is 53.6. The lowest BCUT2D eigenvalue weighted by molar-refractivity contribution is -0.283. The number of aliphatic hydroxyl groups is 1. The second-order valence-corrected chi connectivity index (χ2v) is 32.6. The number of nitrogens with two attached hydrogens (primary N) is 1. The minimum Gasteiger partial charge on any atom is -0.508 e. The van der Waals surface area contributed by atoms with Crippen molar-refractivity contribution in [3.05, 3.63) is 81.0 Å². The standard InChI is InChI=1S/C73H95N3O5/c74-32-12-18-44-17-11-19-55-58(44)66(78)81-73(55)57-37-45(42-13-3-1-4-14-42)20-21-46-34-53-52(43-15-5-2-6-16-43)35-47-22-23-56-49-33-50-39-75(56)62(47)59(53)51-25-31-71(73)65(80-67(79)72(57,71)60(46)51)63(77)54-36-48-24-30-68(64(54)76(38-49)61(48)50)40-69(26-7-8-27-69)70(41-68)28-9-10-29-70/h11,17,19-21,42-43,45-46,48-50,52-54,56-57,59,61,64,77H,1-10,12-16,18,22-41,74H2. The molecule has 0 amide bonds. The molecule has 8 nitrogen and oxygen atoms in total. The van der Waals surface area contributed by atoms with Crippen molar-refractivity contribution in [2.45, 2.75) is 236 Å². The molecule has 1 aromatic rings. The fraction of sp³-hybridized carbons (Fsp3) is 0.781. The third kappa shape index (κ3) is 5.92. The van der Waals surface area contributed by atoms with Gasteiger partial charge >= 0.3 is 11.9 Å². The molecule has 8 heterocycles. The molecule has 8 aliphatic heterocycles. The van der Waals surface area contributed by atoms with Gasteiger partial charge in [-0.15, -0.1) is 0 Å². The summed E-state index contributed by atoms with van der Waals surface area (Å²) in [6.45, 7) is 2.92. The van der Waals surface area contributed by atoms with E-state index < -0.39 is 16.4 Å². The van der Waals surface area contributed by atoms with Crippen LogP contribution in [0.5, 0.6) is 0 Å². The van der Waals surface area contributed by atoms with Crippen LogP contribution < -0.4 is 5.73 Å². The van der Waals surface area contributed by atoms with Crippen molar-refractivity contribution in [2.75, 3.05) is 19.6 Å². The Bertz CT molecular complexity index is 2990. The molecule has 11 aliphatic carbocycles. The van der Waals surface area contributed by atoms with Gasteiger partial charge < -0.3 is 25.2 Å². The zero-order valence-electron chi connectivity index (χ0n) is 49.1. The Morgan fingerprint density at radius 2 is 1.48 bits per heavy atom. The van der Waals surface area contributed by atoms with Crippen LogP contribution in [0.3, 0.4) is 0 Å². The summed E-state index contributed by atoms with van der Waals surface area (Å²) in [6, 6.07) is 7.91. The van der Waals surface area contributed by atoms with Crippen LogP contribution in [0.2, 0.25) is 0 Å². The molecule has 12 fully saturated rings. The van der Waals surface area contributed by atoms with E-state index in [1.807, 2.05) is 5.57 Å². The SMILES string of the molecule is NCCCc1cccc2c1C(=O)OC21C2CC(C3CCCCC3)C=CC3CC4C5C6=C3C23C(=O)OC(=C(O)C2CC7CCC8(CC9(CCCC9)C9(CCCC9)C8)C2N2CC8CC(CN9C5=C(CCC89)CC4C4CCCCC4)C72)C31CC6. The van der Waals surface area contributed by atoms with Crippen LogP contribution in [-0.2, 0) is 26.3 Å². The molecule has 16 unspecified atom stereocenters. The molecular formula is C73H95N3O5. The van der Waals surface area contributed by atoms with E-state index in [9.17, 15) is 5.11 Å². The highest BCUT2D eigenvalue weighted by Gasteiger charge is 2.94. The van der Waals surface area contributed by atoms with Crippen LogP contribution in [0.1, 0.15) is 227 Å². The van der Waals surface area contributed by atoms with E-state index in [-0.39, 0.29) is 47.1 Å². The van der Waals surface area contributed by atoms with Gasteiger partial charge in [0, 0.05) is 60.2 Å². The van der Waals surface area contributed by atoms with Gasteiger partial charge in [0.1, 0.15) is 11.2 Å².